The third kappa shape index (κ3) is 4.33. The average molecular weight is 678 g/mol. The maximum Gasteiger partial charge on any atom is 0.504 e. The van der Waals surface area contributed by atoms with Gasteiger partial charge in [-0.3, -0.25) is 19.3 Å². The van der Waals surface area contributed by atoms with Crippen LogP contribution < -0.4 is 15.5 Å². The number of quaternary nitrogens is 1. The quantitative estimate of drug-likeness (QED) is 0.177. The van der Waals surface area contributed by atoms with E-state index in [2.05, 4.69) is 5.32 Å². The number of aliphatic hydroxyl groups is 4. The van der Waals surface area contributed by atoms with Gasteiger partial charge >= 0.3 is 6.69 Å². The van der Waals surface area contributed by atoms with Crippen molar-refractivity contribution in [2.24, 2.45) is 11.8 Å². The van der Waals surface area contributed by atoms with Crippen LogP contribution in [0, 0.1) is 11.8 Å². The number of Topliss-reactive ketones (excluding diaryl/α,β-unsaturated/α-hetero) is 2. The highest BCUT2D eigenvalue weighted by Gasteiger charge is 2.67. The van der Waals surface area contributed by atoms with E-state index < -0.39 is 81.7 Å². The maximum atomic E-state index is 14.4. The summed E-state index contributed by atoms with van der Waals surface area (Å²) >= 11 is 0. The monoisotopic (exact) mass is 677 g/mol. The van der Waals surface area contributed by atoms with E-state index in [4.69, 9.17) is 14.0 Å². The molecule has 6 N–H and O–H groups in total. The van der Waals surface area contributed by atoms with Crippen LogP contribution in [0.5, 0.6) is 11.5 Å². The summed E-state index contributed by atoms with van der Waals surface area (Å²) in [6.45, 7) is 0.922. The Balaban J connectivity index is 1.27. The molecule has 3 fully saturated rings. The van der Waals surface area contributed by atoms with Crippen LogP contribution in [0.15, 0.2) is 59.4 Å². The number of carbonyl (C=O) groups excluding carboxylic acids is 3. The van der Waals surface area contributed by atoms with Crippen molar-refractivity contribution in [3.05, 3.63) is 70.5 Å². The van der Waals surface area contributed by atoms with Crippen LogP contribution in [0.2, 0.25) is 0 Å². The Morgan fingerprint density at radius 3 is 2.33 bits per heavy atom. The summed E-state index contributed by atoms with van der Waals surface area (Å²) in [6, 6.07) is 10.3. The van der Waals surface area contributed by atoms with Gasteiger partial charge in [0, 0.05) is 17.4 Å². The first-order valence-electron chi connectivity index (χ1n) is 16.3. The number of ether oxygens (including phenoxy) is 1. The highest BCUT2D eigenvalue weighted by atomic mass is 16.6. The number of ketones is 2. The molecule has 0 spiro atoms. The zero-order chi connectivity index (χ0) is 35.3. The summed E-state index contributed by atoms with van der Waals surface area (Å²) in [4.78, 5) is 44.0. The minimum atomic E-state index is -2.82. The Labute approximate surface area is 282 Å². The van der Waals surface area contributed by atoms with Crippen molar-refractivity contribution < 1.29 is 58.4 Å². The molecule has 7 rings (SSSR count). The molecule has 260 valence electrons. The van der Waals surface area contributed by atoms with Gasteiger partial charge in [0.1, 0.15) is 35.3 Å². The van der Waals surface area contributed by atoms with Gasteiger partial charge in [0.25, 0.3) is 5.91 Å². The number of nitrogens with zero attached hydrogens (tertiary/aromatic N) is 2. The van der Waals surface area contributed by atoms with Crippen LogP contribution in [0.4, 0.5) is 0 Å². The number of phenols is 1. The topological polar surface area (TPSA) is 195 Å². The second-order valence-corrected chi connectivity index (χ2v) is 14.1. The number of aliphatic hydroxyl groups excluding tert-OH is 2. The SMILES string of the molecule is COc1ccc([B-]23OCC[N+]2(CNC(=O)C2=C(O)[C@]4(O)C(=O)C5=C(O)c6c(O)cccc6[C@@](C)(O)[C@@H]5C[C@H]4[C@@H](N(C)C)C2=O)CCO3)cc1. The van der Waals surface area contributed by atoms with Crippen molar-refractivity contribution in [2.45, 2.75) is 30.6 Å². The Hall–Kier alpha value is -4.25. The highest BCUT2D eigenvalue weighted by molar-refractivity contribution is 6.75. The number of likely N-dealkylation sites (N-methyl/N-ethyl adjacent to an activating group) is 1. The van der Waals surface area contributed by atoms with Gasteiger partial charge in [-0.15, -0.1) is 0 Å². The molecule has 3 aliphatic carbocycles. The zero-order valence-corrected chi connectivity index (χ0v) is 27.7. The molecule has 0 unspecified atom stereocenters. The normalized spacial score (nSPS) is 35.2. The van der Waals surface area contributed by atoms with Crippen molar-refractivity contribution in [3.8, 4) is 11.5 Å². The minimum absolute atomic E-state index is 0.0513. The number of fused-ring (bicyclic) bond motifs is 4. The smallest absolute Gasteiger partial charge is 0.504 e. The number of carbonyl (C=O) groups is 3. The van der Waals surface area contributed by atoms with Crippen molar-refractivity contribution in [2.75, 3.05) is 54.2 Å². The molecule has 1 saturated carbocycles. The molecular formula is C34H40BN3O11. The summed E-state index contributed by atoms with van der Waals surface area (Å²) in [5.41, 5.74) is -5.08. The van der Waals surface area contributed by atoms with E-state index in [9.17, 15) is 39.9 Å². The van der Waals surface area contributed by atoms with E-state index >= 15 is 0 Å². The van der Waals surface area contributed by atoms with Gasteiger partial charge in [-0.1, -0.05) is 29.7 Å². The van der Waals surface area contributed by atoms with Gasteiger partial charge in [-0.25, -0.2) is 0 Å². The lowest BCUT2D eigenvalue weighted by Crippen LogP contribution is -2.72. The molecule has 15 heteroatoms. The Morgan fingerprint density at radius 2 is 1.71 bits per heavy atom. The number of hydrogen-bond acceptors (Lipinski definition) is 12. The average Bonchev–Trinajstić information content (AvgIpc) is 3.60. The van der Waals surface area contributed by atoms with Crippen LogP contribution in [0.1, 0.15) is 24.5 Å². The molecule has 2 aromatic rings. The van der Waals surface area contributed by atoms with Crippen molar-refractivity contribution in [3.63, 3.8) is 0 Å². The van der Waals surface area contributed by atoms with E-state index in [0.29, 0.717) is 32.1 Å². The van der Waals surface area contributed by atoms with Crippen molar-refractivity contribution >= 4 is 35.4 Å². The molecule has 2 heterocycles. The Kier molecular flexibility index (Phi) is 7.56. The molecule has 0 aromatic heterocycles. The summed E-state index contributed by atoms with van der Waals surface area (Å²) in [6.07, 6.45) is -0.223. The predicted molar refractivity (Wildman–Crippen MR) is 174 cm³/mol. The van der Waals surface area contributed by atoms with E-state index in [-0.39, 0.29) is 28.6 Å². The van der Waals surface area contributed by atoms with Gasteiger partial charge in [0.05, 0.1) is 50.6 Å². The number of aromatic hydroxyl groups is 1. The zero-order valence-electron chi connectivity index (χ0n) is 27.7. The first-order chi connectivity index (χ1) is 23.2. The van der Waals surface area contributed by atoms with E-state index in [0.717, 1.165) is 5.46 Å². The van der Waals surface area contributed by atoms with Crippen molar-refractivity contribution in [1.82, 2.24) is 10.2 Å². The lowest BCUT2D eigenvalue weighted by Gasteiger charge is -2.53. The van der Waals surface area contributed by atoms with Gasteiger partial charge in [-0.2, -0.15) is 0 Å². The number of phenolic OH excluding ortho intramolecular Hbond substituents is 1. The van der Waals surface area contributed by atoms with Crippen LogP contribution in [0.25, 0.3) is 5.76 Å². The lowest BCUT2D eigenvalue weighted by atomic mass is 9.54. The third-order valence-corrected chi connectivity index (χ3v) is 11.6. The molecule has 14 nitrogen and oxygen atoms in total. The van der Waals surface area contributed by atoms with E-state index in [1.807, 2.05) is 12.1 Å². The third-order valence-electron chi connectivity index (χ3n) is 11.6. The lowest BCUT2D eigenvalue weighted by molar-refractivity contribution is -0.822. The minimum Gasteiger partial charge on any atom is -0.508 e. The number of methoxy groups -OCH3 is 1. The fraction of sp³-hybridized carbons (Fsp3) is 0.441. The Morgan fingerprint density at radius 1 is 1.06 bits per heavy atom. The molecule has 0 radical (unpaired) electrons. The number of rotatable bonds is 6. The second kappa shape index (κ2) is 11.1. The first-order valence-corrected chi connectivity index (χ1v) is 16.3. The van der Waals surface area contributed by atoms with Crippen molar-refractivity contribution in [1.29, 1.82) is 0 Å². The maximum absolute atomic E-state index is 14.4. The molecule has 5 atom stereocenters. The summed E-state index contributed by atoms with van der Waals surface area (Å²) < 4.78 is 18.0. The van der Waals surface area contributed by atoms with Crippen LogP contribution in [-0.4, -0.2) is 125 Å². The molecular weight excluding hydrogens is 637 g/mol. The fourth-order valence-corrected chi connectivity index (χ4v) is 9.04. The summed E-state index contributed by atoms with van der Waals surface area (Å²) in [5.74, 6) is -6.95. The van der Waals surface area contributed by atoms with Gasteiger partial charge in [-0.05, 0) is 51.2 Å². The molecule has 2 aliphatic heterocycles. The van der Waals surface area contributed by atoms with E-state index in [1.54, 1.807) is 33.3 Å². The number of hydrogen-bond donors (Lipinski definition) is 6. The van der Waals surface area contributed by atoms with Crippen LogP contribution in [-0.2, 0) is 29.3 Å². The highest BCUT2D eigenvalue weighted by Crippen LogP contribution is 2.57. The summed E-state index contributed by atoms with van der Waals surface area (Å²) in [7, 11) is 4.66. The Bertz CT molecular complexity index is 1830. The predicted octanol–water partition coefficient (Wildman–Crippen LogP) is -0.0507. The molecule has 1 amide bonds. The largest absolute Gasteiger partial charge is 0.508 e. The molecule has 5 aliphatic rings. The molecule has 2 saturated heterocycles. The van der Waals surface area contributed by atoms with Gasteiger partial charge in [0.2, 0.25) is 5.78 Å². The first kappa shape index (κ1) is 33.3. The molecule has 2 aromatic carbocycles. The number of nitrogens with one attached hydrogen (secondary N) is 1. The summed E-state index contributed by atoms with van der Waals surface area (Å²) in [5, 5.41) is 60.4. The van der Waals surface area contributed by atoms with E-state index in [1.165, 1.54) is 30.0 Å². The van der Waals surface area contributed by atoms with Crippen LogP contribution in [0.3, 0.4) is 0 Å². The standard InChI is InChI=1S/C34H40BN3O11/c1-33(45)20-6-5-7-23(39)24(20)28(40)25-21(33)16-22-27(37(2)3)29(41)26(31(43)34(22,46)30(25)42)32(44)36-17-38-12-14-48-35(38,49-15-13-38)18-8-10-19(47-4)11-9-18/h5-11,21-22,27,39-40,43,45-46H,12-17H2,1-4H3,(H,36,44)/t21-,22+,27-,33-,34-,35?,38?/m1/s1. The second-order valence-electron chi connectivity index (χ2n) is 14.1. The molecule has 0 bridgehead atoms. The number of amides is 1. The van der Waals surface area contributed by atoms with Gasteiger partial charge < -0.3 is 49.3 Å². The van der Waals surface area contributed by atoms with Gasteiger partial charge in [0.15, 0.2) is 11.4 Å². The fourth-order valence-electron chi connectivity index (χ4n) is 9.04. The molecule has 49 heavy (non-hydrogen) atoms. The van der Waals surface area contributed by atoms with Crippen LogP contribution >= 0.6 is 0 Å². The number of benzene rings is 2.